The highest BCUT2D eigenvalue weighted by Gasteiger charge is 2.13. The number of hydrogen-bond acceptors (Lipinski definition) is 6. The van der Waals surface area contributed by atoms with Gasteiger partial charge in [-0.05, 0) is 45.2 Å². The van der Waals surface area contributed by atoms with Crippen molar-refractivity contribution in [2.75, 3.05) is 59.3 Å². The SMILES string of the molecule is C1CCC(OCCOCCOCCOC2CCNCC2)OC1. The molecule has 6 heteroatoms. The first-order valence-electron chi connectivity index (χ1n) is 8.66. The zero-order chi connectivity index (χ0) is 15.3. The van der Waals surface area contributed by atoms with E-state index in [0.717, 1.165) is 45.4 Å². The lowest BCUT2D eigenvalue weighted by Gasteiger charge is -2.23. The highest BCUT2D eigenvalue weighted by molar-refractivity contribution is 4.67. The maximum absolute atomic E-state index is 5.76. The van der Waals surface area contributed by atoms with Crippen LogP contribution in [0.4, 0.5) is 0 Å². The molecule has 0 saturated carbocycles. The lowest BCUT2D eigenvalue weighted by atomic mass is 10.1. The quantitative estimate of drug-likeness (QED) is 0.580. The summed E-state index contributed by atoms with van der Waals surface area (Å²) in [7, 11) is 0. The predicted octanol–water partition coefficient (Wildman–Crippen LogP) is 1.33. The molecule has 130 valence electrons. The minimum atomic E-state index is -0.0271. The second-order valence-electron chi connectivity index (χ2n) is 5.71. The summed E-state index contributed by atoms with van der Waals surface area (Å²) in [5.74, 6) is 0. The van der Waals surface area contributed by atoms with Crippen molar-refractivity contribution < 1.29 is 23.7 Å². The molecule has 0 spiro atoms. The Bertz CT molecular complexity index is 229. The number of piperidine rings is 1. The Morgan fingerprint density at radius 2 is 1.45 bits per heavy atom. The lowest BCUT2D eigenvalue weighted by molar-refractivity contribution is -0.169. The first-order valence-corrected chi connectivity index (χ1v) is 8.66. The average molecular weight is 317 g/mol. The normalized spacial score (nSPS) is 23.7. The van der Waals surface area contributed by atoms with Crippen molar-refractivity contribution in [3.63, 3.8) is 0 Å². The van der Waals surface area contributed by atoms with Gasteiger partial charge in [0.15, 0.2) is 6.29 Å². The minimum Gasteiger partial charge on any atom is -0.377 e. The van der Waals surface area contributed by atoms with E-state index in [2.05, 4.69) is 5.32 Å². The molecule has 0 bridgehead atoms. The van der Waals surface area contributed by atoms with E-state index in [4.69, 9.17) is 23.7 Å². The molecule has 0 aromatic rings. The molecule has 2 aliphatic rings. The molecule has 2 rings (SSSR count). The van der Waals surface area contributed by atoms with Crippen molar-refractivity contribution in [3.05, 3.63) is 0 Å². The molecule has 22 heavy (non-hydrogen) atoms. The van der Waals surface area contributed by atoms with Gasteiger partial charge < -0.3 is 29.0 Å². The monoisotopic (exact) mass is 317 g/mol. The van der Waals surface area contributed by atoms with Gasteiger partial charge in [-0.1, -0.05) is 0 Å². The Kier molecular flexibility index (Phi) is 10.1. The Morgan fingerprint density at radius 1 is 0.773 bits per heavy atom. The Labute approximate surface area is 133 Å². The van der Waals surface area contributed by atoms with E-state index in [1.165, 1.54) is 6.42 Å². The van der Waals surface area contributed by atoms with Gasteiger partial charge in [0.25, 0.3) is 0 Å². The van der Waals surface area contributed by atoms with Crippen LogP contribution in [0.1, 0.15) is 32.1 Å². The van der Waals surface area contributed by atoms with Gasteiger partial charge in [0, 0.05) is 6.61 Å². The van der Waals surface area contributed by atoms with E-state index in [1.54, 1.807) is 0 Å². The molecule has 0 aliphatic carbocycles. The average Bonchev–Trinajstić information content (AvgIpc) is 2.58. The van der Waals surface area contributed by atoms with Crippen molar-refractivity contribution in [1.82, 2.24) is 5.32 Å². The van der Waals surface area contributed by atoms with Crippen LogP contribution in [0.5, 0.6) is 0 Å². The van der Waals surface area contributed by atoms with Gasteiger partial charge in [-0.15, -0.1) is 0 Å². The van der Waals surface area contributed by atoms with Gasteiger partial charge in [0.05, 0.1) is 45.7 Å². The Balaban J connectivity index is 1.28. The Hall–Kier alpha value is -0.240. The number of hydrogen-bond donors (Lipinski definition) is 1. The molecule has 1 unspecified atom stereocenters. The van der Waals surface area contributed by atoms with Crippen LogP contribution in [-0.4, -0.2) is 71.7 Å². The lowest BCUT2D eigenvalue weighted by Crippen LogP contribution is -2.33. The molecular weight excluding hydrogens is 286 g/mol. The van der Waals surface area contributed by atoms with E-state index >= 15 is 0 Å². The molecule has 0 amide bonds. The van der Waals surface area contributed by atoms with Crippen molar-refractivity contribution in [3.8, 4) is 0 Å². The highest BCUT2D eigenvalue weighted by atomic mass is 16.7. The summed E-state index contributed by atoms with van der Waals surface area (Å²) in [5.41, 5.74) is 0. The third-order valence-electron chi connectivity index (χ3n) is 3.91. The van der Waals surface area contributed by atoms with Crippen LogP contribution in [-0.2, 0) is 23.7 Å². The Morgan fingerprint density at radius 3 is 2.14 bits per heavy atom. The maximum atomic E-state index is 5.76. The first-order chi connectivity index (χ1) is 10.9. The van der Waals surface area contributed by atoms with Crippen LogP contribution in [0, 0.1) is 0 Å². The van der Waals surface area contributed by atoms with E-state index in [-0.39, 0.29) is 6.29 Å². The van der Waals surface area contributed by atoms with Crippen molar-refractivity contribution in [1.29, 1.82) is 0 Å². The van der Waals surface area contributed by atoms with Gasteiger partial charge >= 0.3 is 0 Å². The van der Waals surface area contributed by atoms with Crippen molar-refractivity contribution in [2.45, 2.75) is 44.5 Å². The van der Waals surface area contributed by atoms with Crippen LogP contribution >= 0.6 is 0 Å². The van der Waals surface area contributed by atoms with Crippen molar-refractivity contribution >= 4 is 0 Å². The third kappa shape index (κ3) is 8.41. The topological polar surface area (TPSA) is 58.2 Å². The second kappa shape index (κ2) is 12.2. The number of ether oxygens (including phenoxy) is 5. The largest absolute Gasteiger partial charge is 0.377 e. The summed E-state index contributed by atoms with van der Waals surface area (Å²) < 4.78 is 27.8. The van der Waals surface area contributed by atoms with Crippen LogP contribution in [0.3, 0.4) is 0 Å². The molecule has 1 N–H and O–H groups in total. The van der Waals surface area contributed by atoms with Gasteiger partial charge in [-0.3, -0.25) is 0 Å². The third-order valence-corrected chi connectivity index (χ3v) is 3.91. The smallest absolute Gasteiger partial charge is 0.157 e. The number of nitrogens with one attached hydrogen (secondary N) is 1. The fourth-order valence-electron chi connectivity index (χ4n) is 2.64. The van der Waals surface area contributed by atoms with Gasteiger partial charge in [-0.2, -0.15) is 0 Å². The second-order valence-corrected chi connectivity index (χ2v) is 5.71. The molecular formula is C16H31NO5. The van der Waals surface area contributed by atoms with Crippen LogP contribution < -0.4 is 5.32 Å². The van der Waals surface area contributed by atoms with Crippen molar-refractivity contribution in [2.24, 2.45) is 0 Å². The fourth-order valence-corrected chi connectivity index (χ4v) is 2.64. The molecule has 2 heterocycles. The highest BCUT2D eigenvalue weighted by Crippen LogP contribution is 2.13. The van der Waals surface area contributed by atoms with E-state index in [1.807, 2.05) is 0 Å². The fraction of sp³-hybridized carbons (Fsp3) is 1.00. The first kappa shape index (κ1) is 18.1. The molecule has 2 saturated heterocycles. The van der Waals surface area contributed by atoms with E-state index in [9.17, 15) is 0 Å². The predicted molar refractivity (Wildman–Crippen MR) is 83.0 cm³/mol. The minimum absolute atomic E-state index is 0.0271. The summed E-state index contributed by atoms with van der Waals surface area (Å²) in [6, 6.07) is 0. The summed E-state index contributed by atoms with van der Waals surface area (Å²) in [5, 5.41) is 3.32. The molecule has 0 aromatic carbocycles. The zero-order valence-corrected chi connectivity index (χ0v) is 13.6. The summed E-state index contributed by atoms with van der Waals surface area (Å²) in [6.45, 7) is 6.64. The van der Waals surface area contributed by atoms with Gasteiger partial charge in [0.2, 0.25) is 0 Å². The molecule has 0 aromatic heterocycles. The van der Waals surface area contributed by atoms with E-state index in [0.29, 0.717) is 45.7 Å². The molecule has 0 radical (unpaired) electrons. The van der Waals surface area contributed by atoms with Gasteiger partial charge in [0.1, 0.15) is 0 Å². The zero-order valence-electron chi connectivity index (χ0n) is 13.6. The molecule has 2 fully saturated rings. The maximum Gasteiger partial charge on any atom is 0.157 e. The van der Waals surface area contributed by atoms with E-state index < -0.39 is 0 Å². The molecule has 1 atom stereocenters. The van der Waals surface area contributed by atoms with Crippen LogP contribution in [0.15, 0.2) is 0 Å². The standard InChI is InChI=1S/C16H31NO5/c1-2-8-21-16(3-1)22-14-12-19-10-9-18-11-13-20-15-4-6-17-7-5-15/h15-17H,1-14H2. The van der Waals surface area contributed by atoms with Gasteiger partial charge in [-0.25, -0.2) is 0 Å². The van der Waals surface area contributed by atoms with Crippen LogP contribution in [0.2, 0.25) is 0 Å². The summed E-state index contributed by atoms with van der Waals surface area (Å²) in [6.07, 6.45) is 5.93. The number of rotatable bonds is 11. The summed E-state index contributed by atoms with van der Waals surface area (Å²) in [4.78, 5) is 0. The molecule has 2 aliphatic heterocycles. The van der Waals surface area contributed by atoms with Crippen LogP contribution in [0.25, 0.3) is 0 Å². The molecule has 6 nitrogen and oxygen atoms in total. The summed E-state index contributed by atoms with van der Waals surface area (Å²) >= 11 is 0.